The Kier molecular flexibility index (Phi) is 3.28. The molecule has 0 heterocycles. The van der Waals surface area contributed by atoms with E-state index in [1.807, 2.05) is 0 Å². The standard InChI is InChI=1S/C10H19F2N/c1-7-4-8(2)6-10(5-7,13-3)9(11)12/h7-9,13H,4-6H2,1-3H3. The first-order valence-electron chi connectivity index (χ1n) is 4.97. The van der Waals surface area contributed by atoms with Crippen LogP contribution in [0.3, 0.4) is 0 Å². The van der Waals surface area contributed by atoms with Crippen molar-refractivity contribution < 1.29 is 8.78 Å². The van der Waals surface area contributed by atoms with Gasteiger partial charge in [-0.1, -0.05) is 13.8 Å². The van der Waals surface area contributed by atoms with Crippen LogP contribution in [-0.2, 0) is 0 Å². The lowest BCUT2D eigenvalue weighted by atomic mass is 9.72. The maximum absolute atomic E-state index is 12.9. The van der Waals surface area contributed by atoms with Gasteiger partial charge in [0.05, 0.1) is 5.54 Å². The van der Waals surface area contributed by atoms with Crippen molar-refractivity contribution in [2.45, 2.75) is 45.1 Å². The molecule has 13 heavy (non-hydrogen) atoms. The lowest BCUT2D eigenvalue weighted by molar-refractivity contribution is -0.0136. The molecular formula is C10H19F2N. The smallest absolute Gasteiger partial charge is 0.256 e. The van der Waals surface area contributed by atoms with Gasteiger partial charge in [-0.15, -0.1) is 0 Å². The maximum Gasteiger partial charge on any atom is 0.256 e. The third kappa shape index (κ3) is 2.19. The summed E-state index contributed by atoms with van der Waals surface area (Å²) < 4.78 is 25.7. The summed E-state index contributed by atoms with van der Waals surface area (Å²) in [7, 11) is 1.65. The normalized spacial score (nSPS) is 41.1. The van der Waals surface area contributed by atoms with Crippen LogP contribution in [0.1, 0.15) is 33.1 Å². The van der Waals surface area contributed by atoms with Crippen molar-refractivity contribution in [2.24, 2.45) is 11.8 Å². The van der Waals surface area contributed by atoms with Crippen LogP contribution in [0.2, 0.25) is 0 Å². The van der Waals surface area contributed by atoms with Crippen molar-refractivity contribution in [3.05, 3.63) is 0 Å². The van der Waals surface area contributed by atoms with Crippen LogP contribution in [0, 0.1) is 11.8 Å². The van der Waals surface area contributed by atoms with E-state index in [1.165, 1.54) is 0 Å². The molecule has 1 N–H and O–H groups in total. The molecule has 2 atom stereocenters. The van der Waals surface area contributed by atoms with E-state index < -0.39 is 12.0 Å². The third-order valence-electron chi connectivity index (χ3n) is 3.15. The minimum absolute atomic E-state index is 0.408. The summed E-state index contributed by atoms with van der Waals surface area (Å²) in [4.78, 5) is 0. The van der Waals surface area contributed by atoms with E-state index in [-0.39, 0.29) is 0 Å². The Hall–Kier alpha value is -0.180. The number of hydrogen-bond acceptors (Lipinski definition) is 1. The molecule has 0 aromatic rings. The number of nitrogens with one attached hydrogen (secondary N) is 1. The predicted octanol–water partition coefficient (Wildman–Crippen LogP) is 2.67. The highest BCUT2D eigenvalue weighted by Crippen LogP contribution is 2.39. The second kappa shape index (κ2) is 3.91. The largest absolute Gasteiger partial charge is 0.309 e. The van der Waals surface area contributed by atoms with Gasteiger partial charge in [-0.2, -0.15) is 0 Å². The van der Waals surface area contributed by atoms with E-state index in [0.29, 0.717) is 24.7 Å². The summed E-state index contributed by atoms with van der Waals surface area (Å²) in [5.74, 6) is 0.815. The van der Waals surface area contributed by atoms with Gasteiger partial charge in [0.25, 0.3) is 6.43 Å². The zero-order valence-electron chi connectivity index (χ0n) is 8.61. The zero-order valence-corrected chi connectivity index (χ0v) is 8.61. The van der Waals surface area contributed by atoms with E-state index in [4.69, 9.17) is 0 Å². The molecule has 0 amide bonds. The molecule has 78 valence electrons. The van der Waals surface area contributed by atoms with E-state index >= 15 is 0 Å². The molecule has 1 fully saturated rings. The Morgan fingerprint density at radius 1 is 1.23 bits per heavy atom. The van der Waals surface area contributed by atoms with Crippen molar-refractivity contribution in [3.63, 3.8) is 0 Å². The van der Waals surface area contributed by atoms with Gasteiger partial charge in [0.15, 0.2) is 0 Å². The van der Waals surface area contributed by atoms with Crippen molar-refractivity contribution in [1.29, 1.82) is 0 Å². The lowest BCUT2D eigenvalue weighted by Gasteiger charge is -2.42. The highest BCUT2D eigenvalue weighted by Gasteiger charge is 2.43. The SMILES string of the molecule is CNC1(C(F)F)CC(C)CC(C)C1. The Morgan fingerprint density at radius 2 is 1.69 bits per heavy atom. The van der Waals surface area contributed by atoms with Crippen molar-refractivity contribution in [2.75, 3.05) is 7.05 Å². The van der Waals surface area contributed by atoms with Crippen LogP contribution >= 0.6 is 0 Å². The predicted molar refractivity (Wildman–Crippen MR) is 50.0 cm³/mol. The van der Waals surface area contributed by atoms with Gasteiger partial charge in [0.2, 0.25) is 0 Å². The second-order valence-corrected chi connectivity index (χ2v) is 4.56. The molecule has 0 aliphatic heterocycles. The topological polar surface area (TPSA) is 12.0 Å². The molecule has 0 bridgehead atoms. The van der Waals surface area contributed by atoms with Crippen LogP contribution in [0.25, 0.3) is 0 Å². The van der Waals surface area contributed by atoms with Gasteiger partial charge in [0, 0.05) is 0 Å². The van der Waals surface area contributed by atoms with E-state index in [9.17, 15) is 8.78 Å². The first-order valence-corrected chi connectivity index (χ1v) is 4.97. The van der Waals surface area contributed by atoms with Crippen molar-refractivity contribution >= 4 is 0 Å². The number of hydrogen-bond donors (Lipinski definition) is 1. The molecule has 1 rings (SSSR count). The van der Waals surface area contributed by atoms with E-state index in [0.717, 1.165) is 6.42 Å². The zero-order chi connectivity index (χ0) is 10.1. The van der Waals surface area contributed by atoms with Crippen LogP contribution in [0.4, 0.5) is 8.78 Å². The summed E-state index contributed by atoms with van der Waals surface area (Å²) in [5.41, 5.74) is -0.920. The molecule has 0 spiro atoms. The van der Waals surface area contributed by atoms with Gasteiger partial charge >= 0.3 is 0 Å². The van der Waals surface area contributed by atoms with Gasteiger partial charge < -0.3 is 5.32 Å². The van der Waals surface area contributed by atoms with Crippen LogP contribution in [0.5, 0.6) is 0 Å². The van der Waals surface area contributed by atoms with Crippen LogP contribution < -0.4 is 5.32 Å². The maximum atomic E-state index is 12.9. The summed E-state index contributed by atoms with van der Waals surface area (Å²) in [6, 6.07) is 0. The number of halogens is 2. The van der Waals surface area contributed by atoms with Gasteiger partial charge in [-0.3, -0.25) is 0 Å². The summed E-state index contributed by atoms with van der Waals surface area (Å²) >= 11 is 0. The minimum Gasteiger partial charge on any atom is -0.309 e. The lowest BCUT2D eigenvalue weighted by Crippen LogP contribution is -2.54. The Balaban J connectivity index is 2.74. The molecule has 3 heteroatoms. The molecule has 1 aliphatic carbocycles. The summed E-state index contributed by atoms with van der Waals surface area (Å²) in [6.45, 7) is 4.12. The van der Waals surface area contributed by atoms with E-state index in [1.54, 1.807) is 7.05 Å². The Labute approximate surface area is 78.9 Å². The minimum atomic E-state index is -2.25. The number of rotatable bonds is 2. The van der Waals surface area contributed by atoms with E-state index in [2.05, 4.69) is 19.2 Å². The summed E-state index contributed by atoms with van der Waals surface area (Å²) in [5, 5.41) is 2.83. The van der Waals surface area contributed by atoms with Crippen molar-refractivity contribution in [1.82, 2.24) is 5.32 Å². The Morgan fingerprint density at radius 3 is 2.00 bits per heavy atom. The molecule has 1 aliphatic rings. The monoisotopic (exact) mass is 191 g/mol. The average molecular weight is 191 g/mol. The summed E-state index contributed by atoms with van der Waals surface area (Å²) in [6.07, 6.45) is 0.0374. The fourth-order valence-corrected chi connectivity index (χ4v) is 2.67. The number of alkyl halides is 2. The van der Waals surface area contributed by atoms with Gasteiger partial charge in [0.1, 0.15) is 0 Å². The molecule has 0 radical (unpaired) electrons. The molecule has 1 saturated carbocycles. The molecule has 1 nitrogen and oxygen atoms in total. The first-order chi connectivity index (χ1) is 6.00. The van der Waals surface area contributed by atoms with Crippen LogP contribution in [-0.4, -0.2) is 19.0 Å². The highest BCUT2D eigenvalue weighted by molar-refractivity contribution is 4.96. The molecule has 2 unspecified atom stereocenters. The second-order valence-electron chi connectivity index (χ2n) is 4.56. The third-order valence-corrected chi connectivity index (χ3v) is 3.15. The van der Waals surface area contributed by atoms with Gasteiger partial charge in [-0.25, -0.2) is 8.78 Å². The molecule has 0 aromatic heterocycles. The van der Waals surface area contributed by atoms with Crippen molar-refractivity contribution in [3.8, 4) is 0 Å². The molecular weight excluding hydrogens is 172 g/mol. The first kappa shape index (κ1) is 10.9. The fourth-order valence-electron chi connectivity index (χ4n) is 2.67. The Bertz CT molecular complexity index is 160. The molecule has 0 aromatic carbocycles. The average Bonchev–Trinajstić information content (AvgIpc) is 2.02. The fraction of sp³-hybridized carbons (Fsp3) is 1.00. The molecule has 0 saturated heterocycles. The highest BCUT2D eigenvalue weighted by atomic mass is 19.3. The van der Waals surface area contributed by atoms with Gasteiger partial charge in [-0.05, 0) is 38.1 Å². The van der Waals surface area contributed by atoms with Crippen LogP contribution in [0.15, 0.2) is 0 Å². The quantitative estimate of drug-likeness (QED) is 0.707.